The first-order valence-corrected chi connectivity index (χ1v) is 18.3. The Kier molecular flexibility index (Phi) is 21.5. The fourth-order valence-corrected chi connectivity index (χ4v) is 5.71. The molecule has 1 heterocycles. The van der Waals surface area contributed by atoms with E-state index in [4.69, 9.17) is 16.9 Å². The number of amides is 6. The second-order valence-electron chi connectivity index (χ2n) is 13.8. The van der Waals surface area contributed by atoms with Crippen LogP contribution in [0.2, 0.25) is 0 Å². The van der Waals surface area contributed by atoms with Crippen LogP contribution < -0.4 is 43.4 Å². The largest absolute Gasteiger partial charge is 0.481 e. The van der Waals surface area contributed by atoms with Gasteiger partial charge in [-0.1, -0.05) is 13.8 Å². The summed E-state index contributed by atoms with van der Waals surface area (Å²) in [5.41, 5.74) is 10.8. The van der Waals surface area contributed by atoms with Gasteiger partial charge in [-0.15, -0.1) is 0 Å². The third-order valence-electron chi connectivity index (χ3n) is 8.67. The van der Waals surface area contributed by atoms with Gasteiger partial charge in [0.1, 0.15) is 42.3 Å². The molecule has 0 aliphatic carbocycles. The standard InChI is InChI=1S/C33H56N10O14/c1-16(2)13-21(28(52)42-22(15-45)29(53)40-20(32(56)57)5-3-11-37-33(35)36)41-27(51)18(7-9-24(46)47)38-26(50)19(8-10-25(48)49)39-30(54)23-6-4-12-43(23)31(55)17(34)14-44/h16-23,44-45H,3-15,34H2,1-2H3,(H,38,50)(H,39,54)(H,40,53)(H,41,51)(H,42,52)(H,46,47)(H,48,49)(H,56,57)(H4,35,36,37)/t17-,18-,19-,20-,21-,22-,23-/m0/s1. The number of nitrogens with zero attached hydrogens (tertiary/aromatic N) is 1. The van der Waals surface area contributed by atoms with Crippen molar-refractivity contribution in [1.82, 2.24) is 36.8 Å². The minimum absolute atomic E-state index is 0.0777. The Morgan fingerprint density at radius 3 is 1.70 bits per heavy atom. The molecule has 322 valence electrons. The van der Waals surface area contributed by atoms with E-state index in [1.807, 2.05) is 0 Å². The average Bonchev–Trinajstić information content (AvgIpc) is 3.63. The molecule has 24 nitrogen and oxygen atoms in total. The number of hydrogen-bond donors (Lipinski definition) is 14. The summed E-state index contributed by atoms with van der Waals surface area (Å²) < 4.78 is 0. The molecule has 57 heavy (non-hydrogen) atoms. The van der Waals surface area contributed by atoms with E-state index in [0.29, 0.717) is 6.42 Å². The van der Waals surface area contributed by atoms with Crippen molar-refractivity contribution in [3.05, 3.63) is 0 Å². The van der Waals surface area contributed by atoms with Gasteiger partial charge in [0.15, 0.2) is 5.96 Å². The number of aliphatic hydroxyl groups excluding tert-OH is 2. The van der Waals surface area contributed by atoms with Crippen LogP contribution in [0.5, 0.6) is 0 Å². The van der Waals surface area contributed by atoms with Crippen molar-refractivity contribution in [3.8, 4) is 0 Å². The molecular formula is C33H56N10O14. The van der Waals surface area contributed by atoms with E-state index in [-0.39, 0.29) is 50.7 Å². The zero-order chi connectivity index (χ0) is 43.4. The maximum absolute atomic E-state index is 13.6. The summed E-state index contributed by atoms with van der Waals surface area (Å²) in [5, 5.41) is 68.6. The summed E-state index contributed by atoms with van der Waals surface area (Å²) in [6.45, 7) is 1.92. The summed E-state index contributed by atoms with van der Waals surface area (Å²) in [4.78, 5) is 115. The number of hydrogen-bond acceptors (Lipinski definition) is 13. The lowest BCUT2D eigenvalue weighted by atomic mass is 10.0. The molecule has 0 spiro atoms. The van der Waals surface area contributed by atoms with E-state index < -0.39 is 135 Å². The third-order valence-corrected chi connectivity index (χ3v) is 8.67. The fourth-order valence-electron chi connectivity index (χ4n) is 5.71. The molecule has 0 bridgehead atoms. The smallest absolute Gasteiger partial charge is 0.326 e. The Balaban J connectivity index is 3.23. The number of aliphatic hydroxyl groups is 2. The van der Waals surface area contributed by atoms with Crippen LogP contribution in [0.3, 0.4) is 0 Å². The van der Waals surface area contributed by atoms with Gasteiger partial charge in [-0.05, 0) is 50.9 Å². The molecule has 1 aliphatic rings. The molecule has 7 atom stereocenters. The zero-order valence-electron chi connectivity index (χ0n) is 31.8. The number of carbonyl (C=O) groups is 9. The topological polar surface area (TPSA) is 406 Å². The van der Waals surface area contributed by atoms with Crippen molar-refractivity contribution in [1.29, 1.82) is 5.41 Å². The molecule has 1 aliphatic heterocycles. The van der Waals surface area contributed by atoms with Gasteiger partial charge in [0.2, 0.25) is 35.4 Å². The summed E-state index contributed by atoms with van der Waals surface area (Å²) in [5.74, 6) is -10.6. The molecule has 0 saturated carbocycles. The van der Waals surface area contributed by atoms with E-state index >= 15 is 0 Å². The number of rotatable bonds is 26. The molecule has 0 aromatic rings. The van der Waals surface area contributed by atoms with Crippen LogP contribution in [0.1, 0.15) is 71.6 Å². The molecule has 1 saturated heterocycles. The van der Waals surface area contributed by atoms with Crippen LogP contribution >= 0.6 is 0 Å². The lowest BCUT2D eigenvalue weighted by Crippen LogP contribution is -2.60. The van der Waals surface area contributed by atoms with Gasteiger partial charge in [0.25, 0.3) is 0 Å². The van der Waals surface area contributed by atoms with Gasteiger partial charge in [-0.25, -0.2) is 4.79 Å². The summed E-state index contributed by atoms with van der Waals surface area (Å²) in [6, 6.07) is -10.3. The molecule has 0 unspecified atom stereocenters. The molecule has 1 rings (SSSR count). The molecule has 0 aromatic heterocycles. The highest BCUT2D eigenvalue weighted by atomic mass is 16.4. The van der Waals surface area contributed by atoms with Gasteiger partial charge in [0.05, 0.1) is 13.2 Å². The van der Waals surface area contributed by atoms with Crippen LogP contribution in [0, 0.1) is 11.3 Å². The fraction of sp³-hybridized carbons (Fsp3) is 0.697. The Bertz CT molecular complexity index is 1460. The maximum Gasteiger partial charge on any atom is 0.326 e. The molecule has 16 N–H and O–H groups in total. The van der Waals surface area contributed by atoms with E-state index in [1.54, 1.807) is 13.8 Å². The molecule has 6 amide bonds. The second kappa shape index (κ2) is 24.8. The number of guanidine groups is 1. The van der Waals surface area contributed by atoms with Crippen LogP contribution in [-0.4, -0.2) is 158 Å². The minimum Gasteiger partial charge on any atom is -0.481 e. The highest BCUT2D eigenvalue weighted by Crippen LogP contribution is 2.19. The predicted molar refractivity (Wildman–Crippen MR) is 197 cm³/mol. The summed E-state index contributed by atoms with van der Waals surface area (Å²) in [6.07, 6.45) is -1.80. The van der Waals surface area contributed by atoms with E-state index in [9.17, 15) is 68.7 Å². The van der Waals surface area contributed by atoms with Gasteiger partial charge in [-0.3, -0.25) is 43.8 Å². The summed E-state index contributed by atoms with van der Waals surface area (Å²) >= 11 is 0. The minimum atomic E-state index is -1.69. The first-order chi connectivity index (χ1) is 26.7. The molecule has 0 aromatic carbocycles. The Morgan fingerprint density at radius 1 is 0.719 bits per heavy atom. The molecular weight excluding hydrogens is 760 g/mol. The van der Waals surface area contributed by atoms with E-state index in [1.165, 1.54) is 0 Å². The van der Waals surface area contributed by atoms with Crippen molar-refractivity contribution >= 4 is 59.3 Å². The monoisotopic (exact) mass is 816 g/mol. The van der Waals surface area contributed by atoms with Crippen molar-refractivity contribution in [2.24, 2.45) is 17.4 Å². The van der Waals surface area contributed by atoms with E-state index in [0.717, 1.165) is 4.90 Å². The van der Waals surface area contributed by atoms with Crippen molar-refractivity contribution in [2.75, 3.05) is 26.3 Å². The van der Waals surface area contributed by atoms with Crippen molar-refractivity contribution in [2.45, 2.75) is 114 Å². The van der Waals surface area contributed by atoms with Crippen molar-refractivity contribution < 1.29 is 68.7 Å². The Hall–Kier alpha value is -5.62. The van der Waals surface area contributed by atoms with E-state index in [2.05, 4.69) is 31.9 Å². The molecule has 0 radical (unpaired) electrons. The second-order valence-corrected chi connectivity index (χ2v) is 13.8. The zero-order valence-corrected chi connectivity index (χ0v) is 31.8. The molecule has 1 fully saturated rings. The highest BCUT2D eigenvalue weighted by Gasteiger charge is 2.38. The van der Waals surface area contributed by atoms with Crippen LogP contribution in [0.4, 0.5) is 0 Å². The van der Waals surface area contributed by atoms with Gasteiger partial charge < -0.3 is 73.8 Å². The number of likely N-dealkylation sites (tertiary alicyclic amines) is 1. The van der Waals surface area contributed by atoms with Crippen LogP contribution in [0.25, 0.3) is 0 Å². The SMILES string of the molecule is CC(C)C[C@H](NC(=O)[C@H](CCC(=O)O)NC(=O)[C@H](CCC(=O)O)NC(=O)[C@@H]1CCCN1C(=O)[C@@H](N)CO)C(=O)N[C@@H](CO)C(=O)N[C@@H](CCCNC(=N)N)C(=O)O. The lowest BCUT2D eigenvalue weighted by Gasteiger charge is -2.29. The number of aliphatic carboxylic acids is 3. The molecule has 24 heteroatoms. The van der Waals surface area contributed by atoms with Crippen LogP contribution in [0.15, 0.2) is 0 Å². The normalized spacial score (nSPS) is 16.8. The average molecular weight is 817 g/mol. The highest BCUT2D eigenvalue weighted by molar-refractivity contribution is 5.97. The Labute approximate surface area is 327 Å². The maximum atomic E-state index is 13.6. The van der Waals surface area contributed by atoms with Crippen molar-refractivity contribution in [3.63, 3.8) is 0 Å². The Morgan fingerprint density at radius 2 is 1.21 bits per heavy atom. The van der Waals surface area contributed by atoms with Gasteiger partial charge in [-0.2, -0.15) is 0 Å². The number of carboxylic acid groups (broad SMARTS) is 3. The quantitative estimate of drug-likeness (QED) is 0.0220. The first kappa shape index (κ1) is 49.4. The third kappa shape index (κ3) is 17.8. The number of nitrogens with two attached hydrogens (primary N) is 2. The van der Waals surface area contributed by atoms with Gasteiger partial charge >= 0.3 is 17.9 Å². The predicted octanol–water partition coefficient (Wildman–Crippen LogP) is -5.16. The lowest BCUT2D eigenvalue weighted by molar-refractivity contribution is -0.143. The first-order valence-electron chi connectivity index (χ1n) is 18.3. The number of carbonyl (C=O) groups excluding carboxylic acids is 6. The van der Waals surface area contributed by atoms with Crippen LogP contribution in [-0.2, 0) is 43.2 Å². The number of nitrogens with one attached hydrogen (secondary N) is 7. The van der Waals surface area contributed by atoms with Gasteiger partial charge in [0, 0.05) is 25.9 Å². The summed E-state index contributed by atoms with van der Waals surface area (Å²) in [7, 11) is 0. The number of carboxylic acids is 3.